The van der Waals surface area contributed by atoms with E-state index < -0.39 is 0 Å². The zero-order valence-corrected chi connectivity index (χ0v) is 11.7. The first-order valence-electron chi connectivity index (χ1n) is 6.53. The van der Waals surface area contributed by atoms with Gasteiger partial charge in [-0.3, -0.25) is 9.48 Å². The fraction of sp³-hybridized carbons (Fsp3) is 0.692. The van der Waals surface area contributed by atoms with E-state index in [1.165, 1.54) is 0 Å². The fourth-order valence-electron chi connectivity index (χ4n) is 2.34. The van der Waals surface area contributed by atoms with Crippen LogP contribution in [0.25, 0.3) is 0 Å². The smallest absolute Gasteiger partial charge is 0.227 e. The Labute approximate surface area is 113 Å². The highest BCUT2D eigenvalue weighted by Gasteiger charge is 2.24. The van der Waals surface area contributed by atoms with Crippen LogP contribution < -0.4 is 0 Å². The van der Waals surface area contributed by atoms with Gasteiger partial charge in [-0.05, 0) is 18.8 Å². The monoisotopic (exact) mass is 269 g/mol. The molecule has 1 unspecified atom stereocenters. The summed E-state index contributed by atoms with van der Waals surface area (Å²) >= 11 is 5.81. The minimum atomic E-state index is -0.0469. The minimum absolute atomic E-state index is 0.0469. The first kappa shape index (κ1) is 13.4. The van der Waals surface area contributed by atoms with Crippen LogP contribution in [-0.4, -0.2) is 33.7 Å². The first-order chi connectivity index (χ1) is 8.56. The third-order valence-corrected chi connectivity index (χ3v) is 3.77. The van der Waals surface area contributed by atoms with E-state index in [9.17, 15) is 4.79 Å². The molecule has 1 aromatic rings. The van der Waals surface area contributed by atoms with Crippen molar-refractivity contribution in [3.8, 4) is 0 Å². The predicted molar refractivity (Wildman–Crippen MR) is 71.4 cm³/mol. The summed E-state index contributed by atoms with van der Waals surface area (Å²) in [5.41, 5.74) is 0. The highest BCUT2D eigenvalue weighted by molar-refractivity contribution is 6.30. The van der Waals surface area contributed by atoms with Gasteiger partial charge in [-0.15, -0.1) is 0 Å². The van der Waals surface area contributed by atoms with Crippen LogP contribution in [0.1, 0.15) is 26.7 Å². The van der Waals surface area contributed by atoms with E-state index in [-0.39, 0.29) is 11.8 Å². The summed E-state index contributed by atoms with van der Waals surface area (Å²) in [7, 11) is 0. The second kappa shape index (κ2) is 5.74. The van der Waals surface area contributed by atoms with Crippen molar-refractivity contribution >= 4 is 17.5 Å². The molecule has 1 aliphatic heterocycles. The number of aromatic nitrogens is 2. The Kier molecular flexibility index (Phi) is 4.27. The summed E-state index contributed by atoms with van der Waals surface area (Å²) < 4.78 is 1.73. The summed E-state index contributed by atoms with van der Waals surface area (Å²) in [5, 5.41) is 4.72. The van der Waals surface area contributed by atoms with Gasteiger partial charge in [0.05, 0.1) is 23.7 Å². The van der Waals surface area contributed by atoms with Gasteiger partial charge in [0.2, 0.25) is 5.91 Å². The predicted octanol–water partition coefficient (Wildman–Crippen LogP) is 2.43. The summed E-state index contributed by atoms with van der Waals surface area (Å²) in [6.45, 7) is 6.58. The minimum Gasteiger partial charge on any atom is -0.342 e. The first-order valence-corrected chi connectivity index (χ1v) is 6.91. The SMILES string of the molecule is CC1CCN(C(=O)C(C)Cn2cc(Cl)cn2)CC1. The molecule has 0 radical (unpaired) electrons. The molecule has 1 fully saturated rings. The van der Waals surface area contributed by atoms with E-state index >= 15 is 0 Å². The van der Waals surface area contributed by atoms with E-state index in [0.29, 0.717) is 11.6 Å². The van der Waals surface area contributed by atoms with Gasteiger partial charge < -0.3 is 4.90 Å². The second-order valence-corrected chi connectivity index (χ2v) is 5.73. The van der Waals surface area contributed by atoms with Crippen molar-refractivity contribution in [1.29, 1.82) is 0 Å². The van der Waals surface area contributed by atoms with E-state index in [1.54, 1.807) is 17.1 Å². The number of piperidine rings is 1. The van der Waals surface area contributed by atoms with Crippen LogP contribution in [-0.2, 0) is 11.3 Å². The van der Waals surface area contributed by atoms with Gasteiger partial charge in [-0.2, -0.15) is 5.10 Å². The largest absolute Gasteiger partial charge is 0.342 e. The van der Waals surface area contributed by atoms with Crippen LogP contribution >= 0.6 is 11.6 Å². The van der Waals surface area contributed by atoms with Crippen LogP contribution in [0.5, 0.6) is 0 Å². The third-order valence-electron chi connectivity index (χ3n) is 3.58. The van der Waals surface area contributed by atoms with Crippen molar-refractivity contribution in [1.82, 2.24) is 14.7 Å². The molecule has 0 aliphatic carbocycles. The molecule has 0 N–H and O–H groups in total. The number of nitrogens with zero attached hydrogens (tertiary/aromatic N) is 3. The Balaban J connectivity index is 1.88. The van der Waals surface area contributed by atoms with Crippen molar-refractivity contribution in [2.24, 2.45) is 11.8 Å². The second-order valence-electron chi connectivity index (χ2n) is 5.29. The molecule has 1 saturated heterocycles. The van der Waals surface area contributed by atoms with E-state index in [2.05, 4.69) is 12.0 Å². The van der Waals surface area contributed by atoms with Gasteiger partial charge in [-0.25, -0.2) is 0 Å². The third kappa shape index (κ3) is 3.25. The highest BCUT2D eigenvalue weighted by Crippen LogP contribution is 2.18. The van der Waals surface area contributed by atoms with Gasteiger partial charge in [0.15, 0.2) is 0 Å². The summed E-state index contributed by atoms with van der Waals surface area (Å²) in [6, 6.07) is 0. The average Bonchev–Trinajstić information content (AvgIpc) is 2.75. The number of halogens is 1. The topological polar surface area (TPSA) is 38.1 Å². The molecule has 1 amide bonds. The summed E-state index contributed by atoms with van der Waals surface area (Å²) in [4.78, 5) is 14.2. The van der Waals surface area contributed by atoms with Crippen LogP contribution in [0.3, 0.4) is 0 Å². The zero-order chi connectivity index (χ0) is 13.1. The van der Waals surface area contributed by atoms with Crippen molar-refractivity contribution < 1.29 is 4.79 Å². The molecule has 0 aromatic carbocycles. The fourth-order valence-corrected chi connectivity index (χ4v) is 2.49. The number of likely N-dealkylation sites (tertiary alicyclic amines) is 1. The molecule has 0 spiro atoms. The Hall–Kier alpha value is -1.03. The Morgan fingerprint density at radius 1 is 1.56 bits per heavy atom. The zero-order valence-electron chi connectivity index (χ0n) is 11.0. The number of carbonyl (C=O) groups excluding carboxylic acids is 1. The lowest BCUT2D eigenvalue weighted by Crippen LogP contribution is -2.41. The maximum Gasteiger partial charge on any atom is 0.227 e. The lowest BCUT2D eigenvalue weighted by molar-refractivity contribution is -0.136. The quantitative estimate of drug-likeness (QED) is 0.845. The Morgan fingerprint density at radius 3 is 2.78 bits per heavy atom. The Bertz CT molecular complexity index is 410. The molecule has 100 valence electrons. The molecule has 2 heterocycles. The molecule has 18 heavy (non-hydrogen) atoms. The standard InChI is InChI=1S/C13H20ClN3O/c1-10-3-5-16(6-4-10)13(18)11(2)8-17-9-12(14)7-15-17/h7,9-11H,3-6,8H2,1-2H3. The Morgan fingerprint density at radius 2 is 2.22 bits per heavy atom. The van der Waals surface area contributed by atoms with Gasteiger partial charge >= 0.3 is 0 Å². The van der Waals surface area contributed by atoms with E-state index in [0.717, 1.165) is 31.8 Å². The van der Waals surface area contributed by atoms with Crippen molar-refractivity contribution in [3.05, 3.63) is 17.4 Å². The molecule has 5 heteroatoms. The molecule has 2 rings (SSSR count). The van der Waals surface area contributed by atoms with Crippen LogP contribution in [0, 0.1) is 11.8 Å². The molecular formula is C13H20ClN3O. The van der Waals surface area contributed by atoms with Gasteiger partial charge in [0.1, 0.15) is 0 Å². The van der Waals surface area contributed by atoms with Crippen molar-refractivity contribution in [2.75, 3.05) is 13.1 Å². The normalized spacial score (nSPS) is 18.9. The number of carbonyl (C=O) groups is 1. The molecule has 0 bridgehead atoms. The highest BCUT2D eigenvalue weighted by atomic mass is 35.5. The van der Waals surface area contributed by atoms with E-state index in [4.69, 9.17) is 11.6 Å². The maximum atomic E-state index is 12.3. The maximum absolute atomic E-state index is 12.3. The molecule has 1 aromatic heterocycles. The number of rotatable bonds is 3. The van der Waals surface area contributed by atoms with Crippen LogP contribution in [0.15, 0.2) is 12.4 Å². The molecule has 1 aliphatic rings. The molecular weight excluding hydrogens is 250 g/mol. The average molecular weight is 270 g/mol. The molecule has 0 saturated carbocycles. The lowest BCUT2D eigenvalue weighted by atomic mass is 9.98. The number of hydrogen-bond donors (Lipinski definition) is 0. The molecule has 4 nitrogen and oxygen atoms in total. The van der Waals surface area contributed by atoms with Gasteiger partial charge in [-0.1, -0.05) is 25.4 Å². The van der Waals surface area contributed by atoms with Gasteiger partial charge in [0.25, 0.3) is 0 Å². The number of hydrogen-bond acceptors (Lipinski definition) is 2. The van der Waals surface area contributed by atoms with Crippen LogP contribution in [0.4, 0.5) is 0 Å². The lowest BCUT2D eigenvalue weighted by Gasteiger charge is -2.32. The molecule has 1 atom stereocenters. The van der Waals surface area contributed by atoms with Gasteiger partial charge in [0, 0.05) is 19.3 Å². The van der Waals surface area contributed by atoms with Crippen molar-refractivity contribution in [2.45, 2.75) is 33.2 Å². The van der Waals surface area contributed by atoms with Crippen LogP contribution in [0.2, 0.25) is 5.02 Å². The summed E-state index contributed by atoms with van der Waals surface area (Å²) in [6.07, 6.45) is 5.59. The van der Waals surface area contributed by atoms with E-state index in [1.807, 2.05) is 11.8 Å². The summed E-state index contributed by atoms with van der Waals surface area (Å²) in [5.74, 6) is 0.928. The van der Waals surface area contributed by atoms with Crippen molar-refractivity contribution in [3.63, 3.8) is 0 Å². The number of amides is 1.